The van der Waals surface area contributed by atoms with E-state index in [4.69, 9.17) is 27.5 Å². The molecule has 2 aromatic rings. The van der Waals surface area contributed by atoms with Gasteiger partial charge in [-0.05, 0) is 42.3 Å². The molecule has 19 heavy (non-hydrogen) atoms. The predicted molar refractivity (Wildman–Crippen MR) is 78.4 cm³/mol. The number of hydrogen-bond donors (Lipinski definition) is 2. The topological polar surface area (TPSA) is 59.1 Å². The highest BCUT2D eigenvalue weighted by molar-refractivity contribution is 6.31. The fourth-order valence-corrected chi connectivity index (χ4v) is 1.89. The Hall–Kier alpha value is -2.00. The summed E-state index contributed by atoms with van der Waals surface area (Å²) < 4.78 is 5.75. The normalized spacial score (nSPS) is 10.2. The van der Waals surface area contributed by atoms with Gasteiger partial charge in [-0.25, -0.2) is 0 Å². The molecule has 0 spiro atoms. The summed E-state index contributed by atoms with van der Waals surface area (Å²) in [6, 6.07) is 12.9. The van der Waals surface area contributed by atoms with Crippen LogP contribution in [0.25, 0.3) is 0 Å². The molecule has 0 atom stereocenters. The molecule has 2 aromatic carbocycles. The van der Waals surface area contributed by atoms with E-state index >= 15 is 0 Å². The molecule has 0 bridgehead atoms. The molecular weight excluding hydrogens is 260 g/mol. The molecular formula is C15H15ClN2O. The Kier molecular flexibility index (Phi) is 4.07. The Balaban J connectivity index is 2.29. The lowest BCUT2D eigenvalue weighted by Crippen LogP contribution is -2.12. The number of nitrogen functional groups attached to an aromatic ring is 1. The van der Waals surface area contributed by atoms with Gasteiger partial charge in [0.05, 0.1) is 5.56 Å². The largest absolute Gasteiger partial charge is 0.457 e. The molecule has 0 aliphatic carbocycles. The Bertz CT molecular complexity index is 594. The highest BCUT2D eigenvalue weighted by Gasteiger charge is 2.08. The second kappa shape index (κ2) is 5.76. The molecule has 0 saturated heterocycles. The number of rotatable bonds is 4. The fourth-order valence-electron chi connectivity index (χ4n) is 1.72. The predicted octanol–water partition coefficient (Wildman–Crippen LogP) is 3.98. The van der Waals surface area contributed by atoms with Crippen LogP contribution in [0.3, 0.4) is 0 Å². The van der Waals surface area contributed by atoms with E-state index in [-0.39, 0.29) is 5.84 Å². The number of halogens is 1. The number of ether oxygens (including phenoxy) is 1. The molecule has 3 N–H and O–H groups in total. The number of hydrogen-bond acceptors (Lipinski definition) is 2. The third-order valence-corrected chi connectivity index (χ3v) is 3.03. The standard InChI is InChI=1S/C15H15ClN2O/c1-2-10-3-6-12(7-4-10)19-14-8-5-11(16)9-13(14)15(17)18/h3-9H,2H2,1H3,(H3,17,18). The van der Waals surface area contributed by atoms with Crippen LogP contribution in [-0.4, -0.2) is 5.84 Å². The van der Waals surface area contributed by atoms with Crippen molar-refractivity contribution in [2.75, 3.05) is 0 Å². The minimum atomic E-state index is -0.0670. The maximum absolute atomic E-state index is 7.54. The van der Waals surface area contributed by atoms with Crippen molar-refractivity contribution < 1.29 is 4.74 Å². The van der Waals surface area contributed by atoms with Gasteiger partial charge in [0.25, 0.3) is 0 Å². The van der Waals surface area contributed by atoms with Gasteiger partial charge in [0, 0.05) is 5.02 Å². The summed E-state index contributed by atoms with van der Waals surface area (Å²) in [7, 11) is 0. The van der Waals surface area contributed by atoms with Gasteiger partial charge < -0.3 is 10.5 Å². The zero-order chi connectivity index (χ0) is 13.8. The first-order valence-corrected chi connectivity index (χ1v) is 6.38. The van der Waals surface area contributed by atoms with Gasteiger partial charge in [0.1, 0.15) is 17.3 Å². The summed E-state index contributed by atoms with van der Waals surface area (Å²) in [6.45, 7) is 2.10. The fraction of sp³-hybridized carbons (Fsp3) is 0.133. The SMILES string of the molecule is CCc1ccc(Oc2ccc(Cl)cc2C(=N)N)cc1. The third-order valence-electron chi connectivity index (χ3n) is 2.79. The molecule has 4 heteroatoms. The van der Waals surface area contributed by atoms with Crippen molar-refractivity contribution in [1.82, 2.24) is 0 Å². The molecule has 98 valence electrons. The van der Waals surface area contributed by atoms with Gasteiger partial charge in [-0.2, -0.15) is 0 Å². The summed E-state index contributed by atoms with van der Waals surface area (Å²) in [5, 5.41) is 8.07. The van der Waals surface area contributed by atoms with Crippen molar-refractivity contribution >= 4 is 17.4 Å². The number of benzene rings is 2. The van der Waals surface area contributed by atoms with Gasteiger partial charge in [-0.15, -0.1) is 0 Å². The van der Waals surface area contributed by atoms with E-state index in [1.165, 1.54) is 5.56 Å². The lowest BCUT2D eigenvalue weighted by molar-refractivity contribution is 0.481. The molecule has 0 heterocycles. The van der Waals surface area contributed by atoms with Crippen LogP contribution in [0.5, 0.6) is 11.5 Å². The lowest BCUT2D eigenvalue weighted by Gasteiger charge is -2.11. The Morgan fingerprint density at radius 2 is 1.89 bits per heavy atom. The molecule has 0 aliphatic heterocycles. The number of nitrogens with two attached hydrogens (primary N) is 1. The lowest BCUT2D eigenvalue weighted by atomic mass is 10.1. The Morgan fingerprint density at radius 3 is 2.47 bits per heavy atom. The van der Waals surface area contributed by atoms with Crippen LogP contribution in [0.15, 0.2) is 42.5 Å². The minimum Gasteiger partial charge on any atom is -0.457 e. The van der Waals surface area contributed by atoms with Crippen molar-refractivity contribution in [3.8, 4) is 11.5 Å². The van der Waals surface area contributed by atoms with Gasteiger partial charge in [-0.3, -0.25) is 5.41 Å². The summed E-state index contributed by atoms with van der Waals surface area (Å²) in [5.74, 6) is 1.17. The van der Waals surface area contributed by atoms with Crippen molar-refractivity contribution in [3.63, 3.8) is 0 Å². The Labute approximate surface area is 117 Å². The van der Waals surface area contributed by atoms with E-state index in [1.807, 2.05) is 24.3 Å². The molecule has 0 radical (unpaired) electrons. The second-order valence-electron chi connectivity index (χ2n) is 4.15. The average molecular weight is 275 g/mol. The van der Waals surface area contributed by atoms with Gasteiger partial charge >= 0.3 is 0 Å². The summed E-state index contributed by atoms with van der Waals surface area (Å²) in [4.78, 5) is 0. The first-order chi connectivity index (χ1) is 9.10. The Morgan fingerprint density at radius 1 is 1.21 bits per heavy atom. The molecule has 0 unspecified atom stereocenters. The molecule has 3 nitrogen and oxygen atoms in total. The molecule has 0 amide bonds. The number of nitrogens with one attached hydrogen (secondary N) is 1. The molecule has 2 rings (SSSR count). The summed E-state index contributed by atoms with van der Waals surface area (Å²) in [6.07, 6.45) is 0.986. The number of aryl methyl sites for hydroxylation is 1. The molecule has 0 aromatic heterocycles. The maximum Gasteiger partial charge on any atom is 0.138 e. The summed E-state index contributed by atoms with van der Waals surface area (Å²) in [5.41, 5.74) is 7.27. The van der Waals surface area contributed by atoms with E-state index in [0.29, 0.717) is 22.1 Å². The zero-order valence-corrected chi connectivity index (χ0v) is 11.4. The molecule has 0 fully saturated rings. The van der Waals surface area contributed by atoms with E-state index in [9.17, 15) is 0 Å². The van der Waals surface area contributed by atoms with E-state index < -0.39 is 0 Å². The molecule has 0 saturated carbocycles. The van der Waals surface area contributed by atoms with Gasteiger partial charge in [0.2, 0.25) is 0 Å². The van der Waals surface area contributed by atoms with Crippen LogP contribution in [0, 0.1) is 5.41 Å². The highest BCUT2D eigenvalue weighted by Crippen LogP contribution is 2.27. The van der Waals surface area contributed by atoms with Crippen molar-refractivity contribution in [2.45, 2.75) is 13.3 Å². The first-order valence-electron chi connectivity index (χ1n) is 6.01. The monoisotopic (exact) mass is 274 g/mol. The maximum atomic E-state index is 7.54. The second-order valence-corrected chi connectivity index (χ2v) is 4.59. The minimum absolute atomic E-state index is 0.0670. The zero-order valence-electron chi connectivity index (χ0n) is 10.6. The van der Waals surface area contributed by atoms with E-state index in [2.05, 4.69) is 6.92 Å². The van der Waals surface area contributed by atoms with Crippen LogP contribution >= 0.6 is 11.6 Å². The van der Waals surface area contributed by atoms with Crippen LogP contribution in [-0.2, 0) is 6.42 Å². The highest BCUT2D eigenvalue weighted by atomic mass is 35.5. The van der Waals surface area contributed by atoms with Gasteiger partial charge in [-0.1, -0.05) is 30.7 Å². The van der Waals surface area contributed by atoms with Crippen molar-refractivity contribution in [2.24, 2.45) is 5.73 Å². The van der Waals surface area contributed by atoms with Crippen LogP contribution in [0.1, 0.15) is 18.1 Å². The van der Waals surface area contributed by atoms with Crippen LogP contribution in [0.2, 0.25) is 5.02 Å². The van der Waals surface area contributed by atoms with E-state index in [1.54, 1.807) is 18.2 Å². The average Bonchev–Trinajstić information content (AvgIpc) is 2.41. The van der Waals surface area contributed by atoms with Crippen molar-refractivity contribution in [1.29, 1.82) is 5.41 Å². The summed E-state index contributed by atoms with van der Waals surface area (Å²) >= 11 is 5.90. The van der Waals surface area contributed by atoms with Crippen LogP contribution in [0.4, 0.5) is 0 Å². The van der Waals surface area contributed by atoms with Gasteiger partial charge in [0.15, 0.2) is 0 Å². The molecule has 0 aliphatic rings. The smallest absolute Gasteiger partial charge is 0.138 e. The van der Waals surface area contributed by atoms with Crippen LogP contribution < -0.4 is 10.5 Å². The quantitative estimate of drug-likeness (QED) is 0.654. The first kappa shape index (κ1) is 13.4. The van der Waals surface area contributed by atoms with E-state index in [0.717, 1.165) is 6.42 Å². The third kappa shape index (κ3) is 3.26. The van der Waals surface area contributed by atoms with Crippen molar-refractivity contribution in [3.05, 3.63) is 58.6 Å². The number of amidine groups is 1.